The fourth-order valence-electron chi connectivity index (χ4n) is 8.51. The number of nitrogens with zero attached hydrogens (tertiary/aromatic N) is 3. The van der Waals surface area contributed by atoms with Gasteiger partial charge in [-0.25, -0.2) is 4.98 Å². The Bertz CT molecular complexity index is 3900. The summed E-state index contributed by atoms with van der Waals surface area (Å²) in [6, 6.07) is 38.6. The first-order valence-corrected chi connectivity index (χ1v) is 22.4. The Morgan fingerprint density at radius 3 is 2.03 bits per heavy atom. The summed E-state index contributed by atoms with van der Waals surface area (Å²) in [5.41, 5.74) is 4.28. The maximum Gasteiger partial charge on any atom is 0.148 e. The molecule has 9 rings (SSSR count). The summed E-state index contributed by atoms with van der Waals surface area (Å²) in [7, 11) is 0. The Morgan fingerprint density at radius 2 is 1.35 bits per heavy atom. The Kier molecular flexibility index (Phi) is 8.83. The summed E-state index contributed by atoms with van der Waals surface area (Å²) in [6.07, 6.45) is 1.38. The van der Waals surface area contributed by atoms with Crippen molar-refractivity contribution in [1.29, 1.82) is 0 Å². The number of phenols is 1. The van der Waals surface area contributed by atoms with E-state index in [-0.39, 0.29) is 66.4 Å². The molecule has 0 unspecified atom stereocenters. The Balaban J connectivity index is 0.00000920. The van der Waals surface area contributed by atoms with Crippen molar-refractivity contribution < 1.29 is 48.1 Å². The van der Waals surface area contributed by atoms with E-state index in [9.17, 15) is 7.85 Å². The number of rotatable bonds is 9. The van der Waals surface area contributed by atoms with Gasteiger partial charge in [0.05, 0.1) is 27.8 Å². The van der Waals surface area contributed by atoms with Crippen LogP contribution in [-0.2, 0) is 31.9 Å². The molecule has 0 bridgehead atoms. The fourth-order valence-corrected chi connectivity index (χ4v) is 8.51. The number of para-hydroxylation sites is 1. The molecule has 0 spiro atoms. The summed E-state index contributed by atoms with van der Waals surface area (Å²) in [5, 5.41) is 12.4. The van der Waals surface area contributed by atoms with E-state index in [0.717, 1.165) is 27.8 Å². The number of pyridine rings is 1. The Labute approximate surface area is 441 Å². The first-order chi connectivity index (χ1) is 38.6. The Hall–Kier alpha value is -6.35. The zero-order valence-electron chi connectivity index (χ0n) is 55.0. The molecular weight excluding hydrogens is 1010 g/mol. The number of hydrogen-bond acceptors (Lipinski definition) is 3. The van der Waals surface area contributed by atoms with Crippen LogP contribution in [0, 0.1) is 12.9 Å². The summed E-state index contributed by atoms with van der Waals surface area (Å²) in [6.45, 7) is 0.585. The molecule has 1 N–H and O–H groups in total. The SMILES string of the molecule is [2H]c1c([2H])c(C(C([2H])([2H])[2H])(C([2H])([2H])[2H])C([2H])([2H])[2H])c([2H])c([2H])c1-c1ccnc(-c2[c-]c(-c3cccc4c3nc(-c3cc(C(C)C)cc(C(C)C)c3O)n4-c3ccc(C([2H])([2H])[2H])cc3-c3ccc(C(C)(C)C)cc3)cc(-c3ccccc3)c2)c1.[Pt]. The summed E-state index contributed by atoms with van der Waals surface area (Å²) in [5.74, 6) is 0.412. The fraction of sp³-hybridized carbons (Fsp3) is 0.238. The standard InChI is InChI=1S/C63H62N3O.Pt/c1-39(2)46-36-53(40(3)4)60(67)55(37-46)61-65-59-52(18-15-19-58(59)66(61)57-29-20-41(5)32-54(57)44-23-27-51(28-24-44)63(9,10)11)48-33-47(42-16-13-12-14-17-42)34-49(35-48)56-38-45(30-31-64-56)43-21-25-50(26-22-43)62(6,7)8;/h12-34,36-40,67H,1-11H3;/q-1;/i5D3,6D3,7D3,8D3,21D,22D,25D,26D;. The van der Waals surface area contributed by atoms with Crippen molar-refractivity contribution in [1.82, 2.24) is 14.5 Å². The molecule has 0 aliphatic carbocycles. The molecule has 68 heavy (non-hydrogen) atoms. The number of hydrogen-bond donors (Lipinski definition) is 1. The van der Waals surface area contributed by atoms with E-state index >= 15 is 0 Å². The van der Waals surface area contributed by atoms with Crippen LogP contribution < -0.4 is 0 Å². The zero-order valence-corrected chi connectivity index (χ0v) is 41.2. The van der Waals surface area contributed by atoms with Gasteiger partial charge in [-0.1, -0.05) is 200 Å². The quantitative estimate of drug-likeness (QED) is 0.147. The van der Waals surface area contributed by atoms with Gasteiger partial charge in [-0.3, -0.25) is 9.55 Å². The van der Waals surface area contributed by atoms with Crippen LogP contribution >= 0.6 is 0 Å². The minimum atomic E-state index is -3.84. The van der Waals surface area contributed by atoms with Gasteiger partial charge in [-0.15, -0.1) is 23.8 Å². The van der Waals surface area contributed by atoms with Gasteiger partial charge in [0.15, 0.2) is 0 Å². The summed E-state index contributed by atoms with van der Waals surface area (Å²) in [4.78, 5) is 10.2. The Morgan fingerprint density at radius 1 is 0.618 bits per heavy atom. The summed E-state index contributed by atoms with van der Waals surface area (Å²) < 4.78 is 138. The third-order valence-corrected chi connectivity index (χ3v) is 12.3. The van der Waals surface area contributed by atoms with E-state index in [1.807, 2.05) is 115 Å². The molecule has 2 heterocycles. The first kappa shape index (κ1) is 31.6. The van der Waals surface area contributed by atoms with Crippen LogP contribution in [0.3, 0.4) is 0 Å². The molecule has 9 aromatic rings. The largest absolute Gasteiger partial charge is 0.507 e. The van der Waals surface area contributed by atoms with Gasteiger partial charge in [0.25, 0.3) is 0 Å². The minimum Gasteiger partial charge on any atom is -0.507 e. The number of phenolic OH excluding ortho intramolecular Hbond substituents is 1. The van der Waals surface area contributed by atoms with Gasteiger partial charge in [0.2, 0.25) is 0 Å². The number of aryl methyl sites for hydroxylation is 1. The van der Waals surface area contributed by atoms with Crippen LogP contribution in [0.25, 0.3) is 83.9 Å². The minimum absolute atomic E-state index is 0. The van der Waals surface area contributed by atoms with E-state index in [1.165, 1.54) is 18.3 Å². The van der Waals surface area contributed by atoms with Gasteiger partial charge in [0.1, 0.15) is 11.6 Å². The third-order valence-electron chi connectivity index (χ3n) is 12.3. The molecule has 0 aliphatic rings. The average molecular weight is 1090 g/mol. The van der Waals surface area contributed by atoms with Gasteiger partial charge in [0, 0.05) is 55.0 Å². The second-order valence-electron chi connectivity index (χ2n) is 18.8. The molecule has 0 radical (unpaired) electrons. The second kappa shape index (κ2) is 19.0. The average Bonchev–Trinajstić information content (AvgIpc) is 2.70. The van der Waals surface area contributed by atoms with Crippen LogP contribution in [0.5, 0.6) is 5.75 Å². The van der Waals surface area contributed by atoms with Crippen LogP contribution in [0.2, 0.25) is 0 Å². The second-order valence-corrected chi connectivity index (χ2v) is 18.8. The summed E-state index contributed by atoms with van der Waals surface area (Å²) >= 11 is 0. The van der Waals surface area contributed by atoms with Crippen molar-refractivity contribution in [3.05, 3.63) is 192 Å². The van der Waals surface area contributed by atoms with E-state index in [2.05, 4.69) is 40.7 Å². The van der Waals surface area contributed by atoms with Crippen LogP contribution in [0.1, 0.15) is 131 Å². The molecule has 0 aliphatic heterocycles. The molecule has 0 saturated heterocycles. The van der Waals surface area contributed by atoms with Crippen molar-refractivity contribution in [3.8, 4) is 78.6 Å². The maximum atomic E-state index is 12.4. The van der Waals surface area contributed by atoms with Crippen molar-refractivity contribution in [3.63, 3.8) is 0 Å². The number of benzene rings is 7. The first-order valence-electron chi connectivity index (χ1n) is 30.4. The normalized spacial score (nSPS) is 16.1. The van der Waals surface area contributed by atoms with Crippen molar-refractivity contribution >= 4 is 11.0 Å². The van der Waals surface area contributed by atoms with Crippen LogP contribution in [0.4, 0.5) is 0 Å². The van der Waals surface area contributed by atoms with Crippen molar-refractivity contribution in [2.75, 3.05) is 0 Å². The van der Waals surface area contributed by atoms with Gasteiger partial charge >= 0.3 is 0 Å². The number of aromatic nitrogens is 3. The topological polar surface area (TPSA) is 50.9 Å². The predicted octanol–water partition coefficient (Wildman–Crippen LogP) is 17.1. The predicted molar refractivity (Wildman–Crippen MR) is 282 cm³/mol. The number of imidazole rings is 1. The zero-order chi connectivity index (χ0) is 60.8. The number of aromatic hydroxyl groups is 1. The van der Waals surface area contributed by atoms with E-state index in [0.29, 0.717) is 55.9 Å². The van der Waals surface area contributed by atoms with Gasteiger partial charge in [-0.05, 0) is 104 Å². The van der Waals surface area contributed by atoms with Gasteiger partial charge < -0.3 is 5.11 Å². The van der Waals surface area contributed by atoms with Gasteiger partial charge in [-0.2, -0.15) is 0 Å². The molecule has 0 amide bonds. The molecule has 0 saturated carbocycles. The van der Waals surface area contributed by atoms with Crippen molar-refractivity contribution in [2.45, 2.75) is 98.5 Å². The smallest absolute Gasteiger partial charge is 0.148 e. The molecule has 0 fully saturated rings. The third kappa shape index (κ3) is 9.54. The van der Waals surface area contributed by atoms with E-state index in [4.69, 9.17) is 29.2 Å². The molecular formula is C63H62N3OPt-. The molecule has 0 atom stereocenters. The van der Waals surface area contributed by atoms with Crippen LogP contribution in [-0.4, -0.2) is 19.6 Å². The molecule has 7 aromatic carbocycles. The monoisotopic (exact) mass is 1090 g/mol. The molecule has 346 valence electrons. The van der Waals surface area contributed by atoms with Crippen molar-refractivity contribution in [2.24, 2.45) is 0 Å². The molecule has 4 nitrogen and oxygen atoms in total. The number of fused-ring (bicyclic) bond motifs is 1. The molecule has 2 aromatic heterocycles. The van der Waals surface area contributed by atoms with E-state index in [1.54, 1.807) is 18.2 Å². The maximum absolute atomic E-state index is 12.4. The van der Waals surface area contributed by atoms with Crippen LogP contribution in [0.15, 0.2) is 158 Å². The van der Waals surface area contributed by atoms with E-state index < -0.39 is 62.6 Å². The molecule has 5 heteroatoms.